The van der Waals surface area contributed by atoms with E-state index in [0.717, 1.165) is 59.5 Å². The Morgan fingerprint density at radius 1 is 1.14 bits per heavy atom. The number of nitrogens with one attached hydrogen (secondary N) is 1. The minimum absolute atomic E-state index is 0.0457. The molecule has 0 bridgehead atoms. The second kappa shape index (κ2) is 9.88. The number of aryl methyl sites for hydroxylation is 1. The first kappa shape index (κ1) is 24.2. The van der Waals surface area contributed by atoms with Gasteiger partial charge >= 0.3 is 0 Å². The van der Waals surface area contributed by atoms with Gasteiger partial charge in [-0.25, -0.2) is 9.37 Å². The van der Waals surface area contributed by atoms with Crippen molar-refractivity contribution in [2.24, 2.45) is 0 Å². The number of fused-ring (bicyclic) bond motifs is 1. The highest BCUT2D eigenvalue weighted by Gasteiger charge is 2.22. The van der Waals surface area contributed by atoms with Crippen molar-refractivity contribution in [3.63, 3.8) is 0 Å². The molecule has 1 saturated heterocycles. The number of H-pyrrole nitrogens is 1. The van der Waals surface area contributed by atoms with E-state index in [1.165, 1.54) is 6.08 Å². The Balaban J connectivity index is 1.64. The van der Waals surface area contributed by atoms with Crippen molar-refractivity contribution in [1.29, 1.82) is 0 Å². The van der Waals surface area contributed by atoms with Crippen LogP contribution in [0.25, 0.3) is 33.4 Å². The molecule has 0 spiro atoms. The van der Waals surface area contributed by atoms with Crippen LogP contribution in [0, 0.1) is 12.7 Å². The molecule has 4 aromatic rings. The average Bonchev–Trinajstić information content (AvgIpc) is 3.27. The zero-order valence-corrected chi connectivity index (χ0v) is 21.2. The molecule has 0 aliphatic carbocycles. The second-order valence-electron chi connectivity index (χ2n) is 9.34. The van der Waals surface area contributed by atoms with Crippen molar-refractivity contribution in [3.05, 3.63) is 83.3 Å². The van der Waals surface area contributed by atoms with Crippen LogP contribution in [-0.4, -0.2) is 53.9 Å². The summed E-state index contributed by atoms with van der Waals surface area (Å²) in [6, 6.07) is 13.1. The maximum Gasteiger partial charge on any atom is 0.159 e. The minimum atomic E-state index is -0.262. The SMILES string of the molecule is C=CC(=O)Cc1cc(-c2c(-c3ccc(N4CCN(C)CC4)c(F)c3)[nH]c3nccc(Cl)c23)ccc1C. The Morgan fingerprint density at radius 2 is 1.89 bits per heavy atom. The van der Waals surface area contributed by atoms with Crippen LogP contribution < -0.4 is 4.90 Å². The highest BCUT2D eigenvalue weighted by Crippen LogP contribution is 2.42. The van der Waals surface area contributed by atoms with Gasteiger partial charge in [-0.15, -0.1) is 0 Å². The first-order valence-corrected chi connectivity index (χ1v) is 12.4. The Bertz CT molecular complexity index is 1470. The minimum Gasteiger partial charge on any atom is -0.367 e. The summed E-state index contributed by atoms with van der Waals surface area (Å²) < 4.78 is 15.4. The standard InChI is InChI=1S/C29H28ClFN4O/c1-4-22(36)16-21-15-19(6-5-18(21)2)26-27-23(30)9-10-32-29(27)33-28(26)20-7-8-25(24(31)17-20)35-13-11-34(3)12-14-35/h4-10,15,17H,1,11-14,16H2,2-3H3,(H,32,33). The number of nitrogens with zero attached hydrogens (tertiary/aromatic N) is 3. The number of pyridine rings is 1. The number of ketones is 1. The molecule has 5 rings (SSSR count). The summed E-state index contributed by atoms with van der Waals surface area (Å²) in [6.45, 7) is 8.97. The Kier molecular flexibility index (Phi) is 6.65. The van der Waals surface area contributed by atoms with Crippen molar-refractivity contribution >= 4 is 34.1 Å². The predicted octanol–water partition coefficient (Wildman–Crippen LogP) is 6.05. The lowest BCUT2D eigenvalue weighted by Gasteiger charge is -2.34. The maximum absolute atomic E-state index is 15.4. The van der Waals surface area contributed by atoms with E-state index >= 15 is 4.39 Å². The van der Waals surface area contributed by atoms with Crippen LogP contribution >= 0.6 is 11.6 Å². The number of anilines is 1. The number of piperazine rings is 1. The van der Waals surface area contributed by atoms with Crippen molar-refractivity contribution in [2.45, 2.75) is 13.3 Å². The number of likely N-dealkylation sites (N-methyl/N-ethyl adjacent to an activating group) is 1. The Labute approximate surface area is 215 Å². The topological polar surface area (TPSA) is 52.2 Å². The van der Waals surface area contributed by atoms with E-state index in [1.807, 2.05) is 37.3 Å². The molecule has 2 aromatic heterocycles. The van der Waals surface area contributed by atoms with Gasteiger partial charge in [0.1, 0.15) is 11.5 Å². The van der Waals surface area contributed by atoms with Crippen molar-refractivity contribution < 1.29 is 9.18 Å². The van der Waals surface area contributed by atoms with Gasteiger partial charge in [0.15, 0.2) is 5.78 Å². The summed E-state index contributed by atoms with van der Waals surface area (Å²) >= 11 is 6.65. The van der Waals surface area contributed by atoms with Crippen LogP contribution in [0.5, 0.6) is 0 Å². The zero-order valence-electron chi connectivity index (χ0n) is 20.4. The van der Waals surface area contributed by atoms with Gasteiger partial charge < -0.3 is 14.8 Å². The first-order chi connectivity index (χ1) is 17.4. The predicted molar refractivity (Wildman–Crippen MR) is 145 cm³/mol. The molecule has 1 fully saturated rings. The lowest BCUT2D eigenvalue weighted by molar-refractivity contribution is -0.114. The molecule has 0 unspecified atom stereocenters. The molecule has 1 N–H and O–H groups in total. The number of benzene rings is 2. The van der Waals surface area contributed by atoms with Crippen LogP contribution in [0.4, 0.5) is 10.1 Å². The Morgan fingerprint density at radius 3 is 2.61 bits per heavy atom. The second-order valence-corrected chi connectivity index (χ2v) is 9.74. The molecule has 7 heteroatoms. The maximum atomic E-state index is 15.4. The summed E-state index contributed by atoms with van der Waals surface area (Å²) in [5.74, 6) is -0.308. The third-order valence-corrected chi connectivity index (χ3v) is 7.27. The van der Waals surface area contributed by atoms with Gasteiger partial charge in [-0.1, -0.05) is 42.4 Å². The quantitative estimate of drug-likeness (QED) is 0.326. The van der Waals surface area contributed by atoms with E-state index in [2.05, 4.69) is 33.4 Å². The molecular weight excluding hydrogens is 475 g/mol. The molecule has 1 aliphatic heterocycles. The number of aromatic nitrogens is 2. The number of hydrogen-bond donors (Lipinski definition) is 1. The highest BCUT2D eigenvalue weighted by molar-refractivity contribution is 6.36. The fraction of sp³-hybridized carbons (Fsp3) is 0.241. The summed E-state index contributed by atoms with van der Waals surface area (Å²) in [4.78, 5) is 24.3. The van der Waals surface area contributed by atoms with E-state index in [9.17, 15) is 4.79 Å². The molecule has 184 valence electrons. The van der Waals surface area contributed by atoms with Crippen molar-refractivity contribution in [2.75, 3.05) is 38.1 Å². The largest absolute Gasteiger partial charge is 0.367 e. The molecule has 2 aromatic carbocycles. The summed E-state index contributed by atoms with van der Waals surface area (Å²) in [5, 5.41) is 1.32. The normalized spacial score (nSPS) is 14.4. The van der Waals surface area contributed by atoms with E-state index in [0.29, 0.717) is 21.9 Å². The molecule has 5 nitrogen and oxygen atoms in total. The summed E-state index contributed by atoms with van der Waals surface area (Å²) in [6.07, 6.45) is 3.25. The number of carbonyl (C=O) groups is 1. The number of carbonyl (C=O) groups excluding carboxylic acids is 1. The number of rotatable bonds is 6. The summed E-state index contributed by atoms with van der Waals surface area (Å²) in [7, 11) is 2.08. The van der Waals surface area contributed by atoms with E-state index < -0.39 is 0 Å². The summed E-state index contributed by atoms with van der Waals surface area (Å²) in [5.41, 5.74) is 6.32. The van der Waals surface area contributed by atoms with Crippen LogP contribution in [0.3, 0.4) is 0 Å². The van der Waals surface area contributed by atoms with Crippen molar-refractivity contribution in [3.8, 4) is 22.4 Å². The van der Waals surface area contributed by atoms with E-state index in [-0.39, 0.29) is 18.0 Å². The highest BCUT2D eigenvalue weighted by atomic mass is 35.5. The van der Waals surface area contributed by atoms with Gasteiger partial charge in [0.05, 0.1) is 16.4 Å². The number of allylic oxidation sites excluding steroid dienone is 1. The molecule has 0 radical (unpaired) electrons. The number of aromatic amines is 1. The van der Waals surface area contributed by atoms with Crippen molar-refractivity contribution in [1.82, 2.24) is 14.9 Å². The van der Waals surface area contributed by atoms with Gasteiger partial charge in [-0.2, -0.15) is 0 Å². The van der Waals surface area contributed by atoms with Gasteiger partial charge in [-0.3, -0.25) is 4.79 Å². The molecule has 3 heterocycles. The smallest absolute Gasteiger partial charge is 0.159 e. The third kappa shape index (κ3) is 4.54. The molecule has 1 aliphatic rings. The van der Waals surface area contributed by atoms with Gasteiger partial charge in [0.25, 0.3) is 0 Å². The first-order valence-electron chi connectivity index (χ1n) is 12.0. The Hall–Kier alpha value is -3.48. The number of halogens is 2. The van der Waals surface area contributed by atoms with Crippen LogP contribution in [0.2, 0.25) is 5.02 Å². The lowest BCUT2D eigenvalue weighted by Crippen LogP contribution is -2.44. The van der Waals surface area contributed by atoms with E-state index in [4.69, 9.17) is 11.6 Å². The monoisotopic (exact) mass is 502 g/mol. The molecule has 0 atom stereocenters. The van der Waals surface area contributed by atoms with Crippen LogP contribution in [0.15, 0.2) is 61.3 Å². The molecular formula is C29H28ClFN4O. The van der Waals surface area contributed by atoms with Gasteiger partial charge in [0, 0.05) is 55.3 Å². The average molecular weight is 503 g/mol. The fourth-order valence-electron chi connectivity index (χ4n) is 4.83. The molecule has 0 saturated carbocycles. The number of hydrogen-bond acceptors (Lipinski definition) is 4. The van der Waals surface area contributed by atoms with Crippen LogP contribution in [-0.2, 0) is 11.2 Å². The molecule has 0 amide bonds. The molecule has 36 heavy (non-hydrogen) atoms. The fourth-order valence-corrected chi connectivity index (χ4v) is 5.07. The van der Waals surface area contributed by atoms with Crippen LogP contribution in [0.1, 0.15) is 11.1 Å². The van der Waals surface area contributed by atoms with Gasteiger partial charge in [0.2, 0.25) is 0 Å². The lowest BCUT2D eigenvalue weighted by atomic mass is 9.93. The van der Waals surface area contributed by atoms with Gasteiger partial charge in [-0.05, 0) is 54.9 Å². The third-order valence-electron chi connectivity index (χ3n) is 6.95. The zero-order chi connectivity index (χ0) is 25.4. The van der Waals surface area contributed by atoms with E-state index in [1.54, 1.807) is 18.3 Å².